The van der Waals surface area contributed by atoms with Crippen LogP contribution in [0.3, 0.4) is 0 Å². The molecule has 0 aromatic rings. The van der Waals surface area contributed by atoms with Crippen LogP contribution in [-0.4, -0.2) is 22.3 Å². The Labute approximate surface area is 130 Å². The second-order valence-electron chi connectivity index (χ2n) is 5.87. The minimum atomic E-state index is -0.679. The van der Waals surface area contributed by atoms with E-state index in [0.717, 1.165) is 51.4 Å². The first-order valence-corrected chi connectivity index (χ1v) is 8.71. The zero-order valence-corrected chi connectivity index (χ0v) is 13.7. The van der Waals surface area contributed by atoms with Crippen molar-refractivity contribution in [3.8, 4) is 0 Å². The minimum Gasteiger partial charge on any atom is -0.481 e. The van der Waals surface area contributed by atoms with Gasteiger partial charge in [0, 0.05) is 6.42 Å². The molecule has 124 valence electrons. The number of rotatable bonds is 15. The fourth-order valence-corrected chi connectivity index (χ4v) is 2.33. The van der Waals surface area contributed by atoms with Crippen LogP contribution < -0.4 is 0 Å². The first-order valence-electron chi connectivity index (χ1n) is 8.71. The van der Waals surface area contributed by atoms with E-state index in [1.54, 1.807) is 0 Å². The number of carboxylic acids is 1. The summed E-state index contributed by atoms with van der Waals surface area (Å²) in [7, 11) is 0. The highest BCUT2D eigenvalue weighted by Crippen LogP contribution is 2.10. The van der Waals surface area contributed by atoms with Crippen molar-refractivity contribution in [1.82, 2.24) is 0 Å². The molecule has 0 bridgehead atoms. The van der Waals surface area contributed by atoms with E-state index in [9.17, 15) is 9.90 Å². The van der Waals surface area contributed by atoms with Crippen LogP contribution >= 0.6 is 0 Å². The third-order valence-corrected chi connectivity index (χ3v) is 3.81. The number of carbonyl (C=O) groups is 1. The Kier molecular flexibility index (Phi) is 14.9. The molecule has 0 aliphatic carbocycles. The fourth-order valence-electron chi connectivity index (χ4n) is 2.33. The van der Waals surface area contributed by atoms with Gasteiger partial charge in [-0.1, -0.05) is 51.2 Å². The van der Waals surface area contributed by atoms with Gasteiger partial charge in [-0.15, -0.1) is 0 Å². The van der Waals surface area contributed by atoms with Crippen molar-refractivity contribution in [2.24, 2.45) is 0 Å². The van der Waals surface area contributed by atoms with Gasteiger partial charge in [0.15, 0.2) is 0 Å². The van der Waals surface area contributed by atoms with Crippen LogP contribution in [0.15, 0.2) is 12.2 Å². The largest absolute Gasteiger partial charge is 0.481 e. The van der Waals surface area contributed by atoms with Crippen LogP contribution in [0.1, 0.15) is 90.4 Å². The van der Waals surface area contributed by atoms with Gasteiger partial charge in [-0.2, -0.15) is 0 Å². The molecule has 0 aromatic carbocycles. The highest BCUT2D eigenvalue weighted by Gasteiger charge is 1.99. The van der Waals surface area contributed by atoms with E-state index in [2.05, 4.69) is 12.2 Å². The van der Waals surface area contributed by atoms with E-state index >= 15 is 0 Å². The minimum absolute atomic E-state index is 0.101. The predicted octanol–water partition coefficient (Wildman–Crippen LogP) is 5.08. The zero-order valence-electron chi connectivity index (χ0n) is 13.7. The quantitative estimate of drug-likeness (QED) is 0.327. The normalized spacial score (nSPS) is 12.9. The Bertz CT molecular complexity index is 261. The van der Waals surface area contributed by atoms with E-state index in [4.69, 9.17) is 5.11 Å². The van der Waals surface area contributed by atoms with Gasteiger partial charge in [0.25, 0.3) is 0 Å². The number of aliphatic hydroxyl groups is 1. The lowest BCUT2D eigenvalue weighted by Crippen LogP contribution is -2.03. The fraction of sp³-hybridized carbons (Fsp3) is 0.833. The number of carboxylic acid groups (broad SMARTS) is 1. The summed E-state index contributed by atoms with van der Waals surface area (Å²) < 4.78 is 0. The van der Waals surface area contributed by atoms with Crippen molar-refractivity contribution >= 4 is 5.97 Å². The van der Waals surface area contributed by atoms with Gasteiger partial charge in [0.1, 0.15) is 0 Å². The number of unbranched alkanes of at least 4 members (excludes halogenated alkanes) is 8. The molecular formula is C18H34O3. The van der Waals surface area contributed by atoms with Crippen molar-refractivity contribution in [2.75, 3.05) is 0 Å². The van der Waals surface area contributed by atoms with E-state index in [1.807, 2.05) is 6.92 Å². The maximum Gasteiger partial charge on any atom is 0.303 e. The monoisotopic (exact) mass is 298 g/mol. The molecule has 0 rings (SSSR count). The van der Waals surface area contributed by atoms with E-state index in [0.29, 0.717) is 6.42 Å². The molecule has 21 heavy (non-hydrogen) atoms. The second kappa shape index (κ2) is 15.6. The van der Waals surface area contributed by atoms with Gasteiger partial charge >= 0.3 is 5.97 Å². The highest BCUT2D eigenvalue weighted by atomic mass is 16.4. The zero-order chi connectivity index (χ0) is 15.8. The van der Waals surface area contributed by atoms with Crippen molar-refractivity contribution in [2.45, 2.75) is 96.5 Å². The van der Waals surface area contributed by atoms with Crippen LogP contribution in [0.2, 0.25) is 0 Å². The molecule has 0 aliphatic heterocycles. The van der Waals surface area contributed by atoms with Gasteiger partial charge in [0.05, 0.1) is 6.10 Å². The molecule has 0 saturated heterocycles. The van der Waals surface area contributed by atoms with E-state index in [1.165, 1.54) is 25.7 Å². The van der Waals surface area contributed by atoms with Gasteiger partial charge < -0.3 is 10.2 Å². The molecular weight excluding hydrogens is 264 g/mol. The first kappa shape index (κ1) is 20.2. The SMILES string of the molecule is CC[C@@H](O)CCCCC/C=C\CCCCCCCC(=O)O. The van der Waals surface area contributed by atoms with Crippen LogP contribution in [0.25, 0.3) is 0 Å². The van der Waals surface area contributed by atoms with Crippen LogP contribution in [0, 0.1) is 0 Å². The van der Waals surface area contributed by atoms with E-state index in [-0.39, 0.29) is 6.10 Å². The maximum atomic E-state index is 10.3. The molecule has 0 heterocycles. The third-order valence-electron chi connectivity index (χ3n) is 3.81. The van der Waals surface area contributed by atoms with Crippen LogP contribution in [-0.2, 0) is 4.79 Å². The summed E-state index contributed by atoms with van der Waals surface area (Å²) in [4.78, 5) is 10.3. The van der Waals surface area contributed by atoms with Gasteiger partial charge in [0.2, 0.25) is 0 Å². The van der Waals surface area contributed by atoms with Gasteiger partial charge in [-0.3, -0.25) is 4.79 Å². The van der Waals surface area contributed by atoms with Gasteiger partial charge in [-0.25, -0.2) is 0 Å². The molecule has 0 amide bonds. The first-order chi connectivity index (χ1) is 10.2. The molecule has 1 atom stereocenters. The Morgan fingerprint density at radius 3 is 2.00 bits per heavy atom. The Morgan fingerprint density at radius 1 is 0.905 bits per heavy atom. The molecule has 0 unspecified atom stereocenters. The van der Waals surface area contributed by atoms with E-state index < -0.39 is 5.97 Å². The summed E-state index contributed by atoms with van der Waals surface area (Å²) in [6.07, 6.45) is 17.9. The Morgan fingerprint density at radius 2 is 1.43 bits per heavy atom. The standard InChI is InChI=1S/C18H34O3/c1-2-17(19)15-13-11-9-7-5-3-4-6-8-10-12-14-16-18(20)21/h3,5,17,19H,2,4,6-16H2,1H3,(H,20,21)/b5-3-/t17-/m1/s1. The summed E-state index contributed by atoms with van der Waals surface area (Å²) in [6.45, 7) is 2.03. The lowest BCUT2D eigenvalue weighted by molar-refractivity contribution is -0.137. The van der Waals surface area contributed by atoms with Crippen LogP contribution in [0.5, 0.6) is 0 Å². The Hall–Kier alpha value is -0.830. The summed E-state index contributed by atoms with van der Waals surface area (Å²) in [5, 5.41) is 17.9. The topological polar surface area (TPSA) is 57.5 Å². The summed E-state index contributed by atoms with van der Waals surface area (Å²) >= 11 is 0. The number of allylic oxidation sites excluding steroid dienone is 2. The summed E-state index contributed by atoms with van der Waals surface area (Å²) in [6, 6.07) is 0. The molecule has 0 saturated carbocycles. The smallest absolute Gasteiger partial charge is 0.303 e. The predicted molar refractivity (Wildman–Crippen MR) is 88.5 cm³/mol. The molecule has 3 heteroatoms. The van der Waals surface area contributed by atoms with Crippen molar-refractivity contribution in [3.05, 3.63) is 12.2 Å². The molecule has 2 N–H and O–H groups in total. The molecule has 0 fully saturated rings. The molecule has 0 aromatic heterocycles. The van der Waals surface area contributed by atoms with Crippen molar-refractivity contribution in [3.63, 3.8) is 0 Å². The summed E-state index contributed by atoms with van der Waals surface area (Å²) in [5.41, 5.74) is 0. The van der Waals surface area contributed by atoms with Gasteiger partial charge in [-0.05, 0) is 44.9 Å². The average Bonchev–Trinajstić information content (AvgIpc) is 2.46. The number of aliphatic hydroxyl groups excluding tert-OH is 1. The number of hydrogen-bond donors (Lipinski definition) is 2. The average molecular weight is 298 g/mol. The Balaban J connectivity index is 3.14. The lowest BCUT2D eigenvalue weighted by atomic mass is 10.1. The molecule has 3 nitrogen and oxygen atoms in total. The molecule has 0 radical (unpaired) electrons. The number of hydrogen-bond acceptors (Lipinski definition) is 2. The lowest BCUT2D eigenvalue weighted by Gasteiger charge is -2.05. The molecule has 0 aliphatic rings. The third kappa shape index (κ3) is 17.1. The van der Waals surface area contributed by atoms with Crippen LogP contribution in [0.4, 0.5) is 0 Å². The summed E-state index contributed by atoms with van der Waals surface area (Å²) in [5.74, 6) is -0.679. The van der Waals surface area contributed by atoms with Crippen molar-refractivity contribution < 1.29 is 15.0 Å². The van der Waals surface area contributed by atoms with Crippen molar-refractivity contribution in [1.29, 1.82) is 0 Å². The molecule has 0 spiro atoms. The highest BCUT2D eigenvalue weighted by molar-refractivity contribution is 5.66. The number of aliphatic carboxylic acids is 1. The maximum absolute atomic E-state index is 10.3. The second-order valence-corrected chi connectivity index (χ2v) is 5.87.